The third-order valence-electron chi connectivity index (χ3n) is 1.30. The highest BCUT2D eigenvalue weighted by atomic mass is 16.5. The van der Waals surface area contributed by atoms with Crippen LogP contribution in [0.4, 0.5) is 0 Å². The highest BCUT2D eigenvalue weighted by Crippen LogP contribution is 1.94. The standard InChI is InChI=1S/C8H15NO4/c1-6(2)3-13-4-7(8(11)12)9-5-10/h5-7H,3-4H2,1-2H3,(H,9,10)(H,11,12). The number of hydrogen-bond acceptors (Lipinski definition) is 3. The number of rotatable bonds is 7. The van der Waals surface area contributed by atoms with Crippen LogP contribution in [0.15, 0.2) is 0 Å². The number of carbonyl (C=O) groups excluding carboxylic acids is 1. The minimum atomic E-state index is -1.09. The maximum atomic E-state index is 10.5. The van der Waals surface area contributed by atoms with E-state index in [1.54, 1.807) is 0 Å². The summed E-state index contributed by atoms with van der Waals surface area (Å²) in [6.07, 6.45) is 0.359. The average Bonchev–Trinajstić information content (AvgIpc) is 2.02. The van der Waals surface area contributed by atoms with Crippen molar-refractivity contribution in [1.29, 1.82) is 0 Å². The van der Waals surface area contributed by atoms with Gasteiger partial charge in [-0.2, -0.15) is 0 Å². The lowest BCUT2D eigenvalue weighted by molar-refractivity contribution is -0.142. The van der Waals surface area contributed by atoms with Crippen molar-refractivity contribution >= 4 is 12.4 Å². The van der Waals surface area contributed by atoms with Crippen LogP contribution in [0.1, 0.15) is 13.8 Å². The normalized spacial score (nSPS) is 12.5. The van der Waals surface area contributed by atoms with Crippen molar-refractivity contribution in [2.24, 2.45) is 5.92 Å². The molecule has 0 fully saturated rings. The molecular weight excluding hydrogens is 174 g/mol. The molecule has 0 aliphatic rings. The number of carboxylic acid groups (broad SMARTS) is 1. The molecule has 0 radical (unpaired) electrons. The zero-order valence-corrected chi connectivity index (χ0v) is 7.82. The van der Waals surface area contributed by atoms with E-state index in [1.165, 1.54) is 0 Å². The summed E-state index contributed by atoms with van der Waals surface area (Å²) in [6, 6.07) is -0.948. The zero-order valence-electron chi connectivity index (χ0n) is 7.82. The Labute approximate surface area is 77.1 Å². The molecule has 0 saturated carbocycles. The van der Waals surface area contributed by atoms with E-state index in [1.807, 2.05) is 13.8 Å². The molecule has 0 aromatic rings. The minimum absolute atomic E-state index is 0.00620. The molecule has 5 nitrogen and oxygen atoms in total. The molecule has 0 rings (SSSR count). The molecule has 1 amide bonds. The first-order valence-electron chi connectivity index (χ1n) is 4.08. The molecule has 2 N–H and O–H groups in total. The van der Waals surface area contributed by atoms with E-state index >= 15 is 0 Å². The number of nitrogens with one attached hydrogen (secondary N) is 1. The Morgan fingerprint density at radius 3 is 2.54 bits per heavy atom. The fraction of sp³-hybridized carbons (Fsp3) is 0.750. The Morgan fingerprint density at radius 2 is 2.15 bits per heavy atom. The third kappa shape index (κ3) is 6.10. The summed E-state index contributed by atoms with van der Waals surface area (Å²) < 4.78 is 5.07. The Bertz CT molecular complexity index is 170. The van der Waals surface area contributed by atoms with Crippen molar-refractivity contribution < 1.29 is 19.4 Å². The molecule has 0 bridgehead atoms. The lowest BCUT2D eigenvalue weighted by atomic mass is 10.2. The van der Waals surface area contributed by atoms with Crippen molar-refractivity contribution in [2.75, 3.05) is 13.2 Å². The highest BCUT2D eigenvalue weighted by molar-refractivity contribution is 5.76. The zero-order chi connectivity index (χ0) is 10.3. The predicted octanol–water partition coefficient (Wildman–Crippen LogP) is -0.142. The van der Waals surface area contributed by atoms with Gasteiger partial charge in [-0.15, -0.1) is 0 Å². The van der Waals surface area contributed by atoms with Gasteiger partial charge in [0.15, 0.2) is 0 Å². The van der Waals surface area contributed by atoms with Crippen LogP contribution in [0, 0.1) is 5.92 Å². The van der Waals surface area contributed by atoms with Gasteiger partial charge in [-0.3, -0.25) is 4.79 Å². The lowest BCUT2D eigenvalue weighted by Crippen LogP contribution is -2.40. The number of ether oxygens (including phenoxy) is 1. The summed E-state index contributed by atoms with van der Waals surface area (Å²) in [5.74, 6) is -0.735. The molecule has 5 heteroatoms. The van der Waals surface area contributed by atoms with E-state index in [9.17, 15) is 9.59 Å². The van der Waals surface area contributed by atoms with Gasteiger partial charge in [-0.25, -0.2) is 4.79 Å². The van der Waals surface area contributed by atoms with Crippen LogP contribution in [-0.4, -0.2) is 36.7 Å². The molecule has 1 unspecified atom stereocenters. The molecular formula is C8H15NO4. The predicted molar refractivity (Wildman–Crippen MR) is 46.3 cm³/mol. The summed E-state index contributed by atoms with van der Waals surface area (Å²) in [4.78, 5) is 20.5. The molecule has 0 heterocycles. The van der Waals surface area contributed by atoms with Gasteiger partial charge in [-0.1, -0.05) is 13.8 Å². The number of amides is 1. The number of hydrogen-bond donors (Lipinski definition) is 2. The van der Waals surface area contributed by atoms with Gasteiger partial charge in [0.25, 0.3) is 0 Å². The van der Waals surface area contributed by atoms with Gasteiger partial charge in [0.05, 0.1) is 6.61 Å². The van der Waals surface area contributed by atoms with Crippen molar-refractivity contribution in [3.8, 4) is 0 Å². The molecule has 0 aromatic carbocycles. The second kappa shape index (κ2) is 6.42. The quantitative estimate of drug-likeness (QED) is 0.546. The molecule has 1 atom stereocenters. The molecule has 0 aliphatic carbocycles. The largest absolute Gasteiger partial charge is 0.480 e. The second-order valence-electron chi connectivity index (χ2n) is 3.11. The first-order valence-corrected chi connectivity index (χ1v) is 4.08. The molecule has 76 valence electrons. The summed E-state index contributed by atoms with van der Waals surface area (Å²) in [5.41, 5.74) is 0. The van der Waals surface area contributed by atoms with Crippen molar-refractivity contribution in [2.45, 2.75) is 19.9 Å². The molecule has 0 saturated heterocycles. The van der Waals surface area contributed by atoms with E-state index in [4.69, 9.17) is 9.84 Å². The van der Waals surface area contributed by atoms with Crippen LogP contribution in [0.25, 0.3) is 0 Å². The Balaban J connectivity index is 3.69. The molecule has 0 aromatic heterocycles. The SMILES string of the molecule is CC(C)COCC(NC=O)C(=O)O. The van der Waals surface area contributed by atoms with Gasteiger partial charge in [0, 0.05) is 6.61 Å². The smallest absolute Gasteiger partial charge is 0.328 e. The topological polar surface area (TPSA) is 75.6 Å². The van der Waals surface area contributed by atoms with Crippen LogP contribution in [0.2, 0.25) is 0 Å². The Morgan fingerprint density at radius 1 is 1.54 bits per heavy atom. The van der Waals surface area contributed by atoms with E-state index in [0.717, 1.165) is 0 Å². The Hall–Kier alpha value is -1.10. The van der Waals surface area contributed by atoms with Crippen LogP contribution in [0.3, 0.4) is 0 Å². The van der Waals surface area contributed by atoms with Crippen LogP contribution < -0.4 is 5.32 Å². The number of carboxylic acids is 1. The summed E-state index contributed by atoms with van der Waals surface area (Å²) in [5, 5.41) is 10.7. The summed E-state index contributed by atoms with van der Waals surface area (Å²) in [7, 11) is 0. The highest BCUT2D eigenvalue weighted by Gasteiger charge is 2.15. The first kappa shape index (κ1) is 11.9. The maximum absolute atomic E-state index is 10.5. The fourth-order valence-electron chi connectivity index (χ4n) is 0.694. The monoisotopic (exact) mass is 189 g/mol. The van der Waals surface area contributed by atoms with Gasteiger partial charge in [0.1, 0.15) is 6.04 Å². The summed E-state index contributed by atoms with van der Waals surface area (Å²) >= 11 is 0. The van der Waals surface area contributed by atoms with Crippen LogP contribution in [0.5, 0.6) is 0 Å². The second-order valence-corrected chi connectivity index (χ2v) is 3.11. The minimum Gasteiger partial charge on any atom is -0.480 e. The van der Waals surface area contributed by atoms with Gasteiger partial charge in [-0.05, 0) is 5.92 Å². The van der Waals surface area contributed by atoms with Crippen molar-refractivity contribution in [3.63, 3.8) is 0 Å². The Kier molecular flexibility index (Phi) is 5.88. The van der Waals surface area contributed by atoms with Crippen molar-refractivity contribution in [3.05, 3.63) is 0 Å². The first-order chi connectivity index (χ1) is 6.07. The van der Waals surface area contributed by atoms with Gasteiger partial charge in [0.2, 0.25) is 6.41 Å². The van der Waals surface area contributed by atoms with E-state index < -0.39 is 12.0 Å². The fourth-order valence-corrected chi connectivity index (χ4v) is 0.694. The summed E-state index contributed by atoms with van der Waals surface area (Å²) in [6.45, 7) is 4.42. The lowest BCUT2D eigenvalue weighted by Gasteiger charge is -2.12. The third-order valence-corrected chi connectivity index (χ3v) is 1.30. The van der Waals surface area contributed by atoms with Gasteiger partial charge < -0.3 is 15.2 Å². The van der Waals surface area contributed by atoms with Crippen molar-refractivity contribution in [1.82, 2.24) is 5.32 Å². The maximum Gasteiger partial charge on any atom is 0.328 e. The molecule has 13 heavy (non-hydrogen) atoms. The van der Waals surface area contributed by atoms with Crippen LogP contribution in [-0.2, 0) is 14.3 Å². The average molecular weight is 189 g/mol. The van der Waals surface area contributed by atoms with E-state index in [-0.39, 0.29) is 6.61 Å². The number of carbonyl (C=O) groups is 2. The van der Waals surface area contributed by atoms with Gasteiger partial charge >= 0.3 is 5.97 Å². The van der Waals surface area contributed by atoms with Crippen LogP contribution >= 0.6 is 0 Å². The molecule has 0 spiro atoms. The number of aliphatic carboxylic acids is 1. The van der Waals surface area contributed by atoms with E-state index in [2.05, 4.69) is 5.32 Å². The van der Waals surface area contributed by atoms with E-state index in [0.29, 0.717) is 18.9 Å². The molecule has 0 aliphatic heterocycles.